The fraction of sp³-hybridized carbons (Fsp3) is 0.500. The molecule has 0 unspecified atom stereocenters. The van der Waals surface area contributed by atoms with Gasteiger partial charge in [0.05, 0.1) is 23.3 Å². The third kappa shape index (κ3) is 4.25. The summed E-state index contributed by atoms with van der Waals surface area (Å²) < 4.78 is 2.36. The number of likely N-dealkylation sites (N-methyl/N-ethyl adjacent to an activating group) is 1. The Morgan fingerprint density at radius 1 is 1.08 bits per heavy atom. The first-order chi connectivity index (χ1) is 12.4. The molecule has 0 spiro atoms. The second kappa shape index (κ2) is 7.77. The third-order valence-corrected chi connectivity index (χ3v) is 5.14. The van der Waals surface area contributed by atoms with E-state index in [1.165, 1.54) is 16.8 Å². The van der Waals surface area contributed by atoms with Crippen molar-refractivity contribution in [3.8, 4) is 11.3 Å². The van der Waals surface area contributed by atoms with E-state index in [-0.39, 0.29) is 5.54 Å². The van der Waals surface area contributed by atoms with E-state index in [1.807, 2.05) is 6.33 Å². The van der Waals surface area contributed by atoms with E-state index in [2.05, 4.69) is 85.5 Å². The topological polar surface area (TPSA) is 24.3 Å². The minimum Gasteiger partial charge on any atom is -0.324 e. The van der Waals surface area contributed by atoms with Crippen LogP contribution in [0.2, 0.25) is 0 Å². The van der Waals surface area contributed by atoms with Crippen LogP contribution in [0.25, 0.3) is 17.3 Å². The normalized spacial score (nSPS) is 16.7. The van der Waals surface area contributed by atoms with Crippen molar-refractivity contribution >= 4 is 6.08 Å². The monoisotopic (exact) mass is 352 g/mol. The van der Waals surface area contributed by atoms with Gasteiger partial charge in [0.1, 0.15) is 0 Å². The Bertz CT molecular complexity index is 746. The molecule has 1 aliphatic heterocycles. The fourth-order valence-corrected chi connectivity index (χ4v) is 3.70. The summed E-state index contributed by atoms with van der Waals surface area (Å²) in [6, 6.07) is 10.5. The standard InChI is InChI=1S/C22H32N4/c1-18(2)15-20-21(19-9-7-6-8-10-19)23-17-26(20)22(3,4)16-25-13-11-24(5)12-14-25/h6-10,15,17H,11-14,16H2,1-5H3. The largest absolute Gasteiger partial charge is 0.324 e. The van der Waals surface area contributed by atoms with Crippen LogP contribution in [-0.4, -0.2) is 59.1 Å². The maximum atomic E-state index is 4.80. The van der Waals surface area contributed by atoms with Gasteiger partial charge >= 0.3 is 0 Å². The van der Waals surface area contributed by atoms with Crippen molar-refractivity contribution in [1.82, 2.24) is 19.4 Å². The highest BCUT2D eigenvalue weighted by atomic mass is 15.3. The summed E-state index contributed by atoms with van der Waals surface area (Å²) in [5.74, 6) is 0. The Morgan fingerprint density at radius 2 is 1.73 bits per heavy atom. The highest BCUT2D eigenvalue weighted by molar-refractivity contribution is 5.71. The van der Waals surface area contributed by atoms with Gasteiger partial charge < -0.3 is 9.47 Å². The van der Waals surface area contributed by atoms with Gasteiger partial charge in [-0.1, -0.05) is 35.9 Å². The van der Waals surface area contributed by atoms with E-state index in [1.54, 1.807) is 0 Å². The van der Waals surface area contributed by atoms with Crippen molar-refractivity contribution in [2.45, 2.75) is 33.2 Å². The van der Waals surface area contributed by atoms with Crippen molar-refractivity contribution in [3.05, 3.63) is 47.9 Å². The van der Waals surface area contributed by atoms with E-state index in [0.717, 1.165) is 38.4 Å². The maximum Gasteiger partial charge on any atom is 0.0964 e. The predicted octanol–water partition coefficient (Wildman–Crippen LogP) is 3.96. The highest BCUT2D eigenvalue weighted by Crippen LogP contribution is 2.29. The molecule has 140 valence electrons. The van der Waals surface area contributed by atoms with Crippen LogP contribution in [0.4, 0.5) is 0 Å². The average molecular weight is 353 g/mol. The Morgan fingerprint density at radius 3 is 2.35 bits per heavy atom. The van der Waals surface area contributed by atoms with Crippen LogP contribution in [0.5, 0.6) is 0 Å². The van der Waals surface area contributed by atoms with Gasteiger partial charge in [-0.05, 0) is 40.8 Å². The molecule has 2 aromatic rings. The highest BCUT2D eigenvalue weighted by Gasteiger charge is 2.28. The number of hydrogen-bond donors (Lipinski definition) is 0. The smallest absolute Gasteiger partial charge is 0.0964 e. The molecule has 1 fully saturated rings. The van der Waals surface area contributed by atoms with E-state index in [4.69, 9.17) is 4.98 Å². The maximum absolute atomic E-state index is 4.80. The zero-order chi connectivity index (χ0) is 18.7. The number of piperazine rings is 1. The molecule has 4 heteroatoms. The molecule has 1 saturated heterocycles. The van der Waals surface area contributed by atoms with Gasteiger partial charge in [0.25, 0.3) is 0 Å². The summed E-state index contributed by atoms with van der Waals surface area (Å²) in [6.07, 6.45) is 4.29. The first kappa shape index (κ1) is 18.9. The molecule has 1 aliphatic rings. The second-order valence-corrected chi connectivity index (χ2v) is 8.33. The fourth-order valence-electron chi connectivity index (χ4n) is 3.70. The SMILES string of the molecule is CC(C)=Cc1c(-c2ccccc2)ncn1C(C)(C)CN1CCN(C)CC1. The molecule has 1 aromatic carbocycles. The molecule has 26 heavy (non-hydrogen) atoms. The first-order valence-electron chi connectivity index (χ1n) is 9.56. The van der Waals surface area contributed by atoms with Crippen molar-refractivity contribution in [2.75, 3.05) is 39.8 Å². The molecule has 0 N–H and O–H groups in total. The number of imidazole rings is 1. The summed E-state index contributed by atoms with van der Waals surface area (Å²) in [4.78, 5) is 9.79. The number of benzene rings is 1. The second-order valence-electron chi connectivity index (χ2n) is 8.33. The lowest BCUT2D eigenvalue weighted by Gasteiger charge is -2.38. The number of hydrogen-bond acceptors (Lipinski definition) is 3. The van der Waals surface area contributed by atoms with Crippen molar-refractivity contribution in [1.29, 1.82) is 0 Å². The van der Waals surface area contributed by atoms with Crippen LogP contribution in [0.3, 0.4) is 0 Å². The van der Waals surface area contributed by atoms with Gasteiger partial charge in [-0.15, -0.1) is 0 Å². The molecule has 2 heterocycles. The lowest BCUT2D eigenvalue weighted by Crippen LogP contribution is -2.50. The Balaban J connectivity index is 1.93. The molecular weight excluding hydrogens is 320 g/mol. The number of nitrogens with zero attached hydrogens (tertiary/aromatic N) is 4. The van der Waals surface area contributed by atoms with E-state index >= 15 is 0 Å². The number of rotatable bonds is 5. The summed E-state index contributed by atoms with van der Waals surface area (Å²) >= 11 is 0. The summed E-state index contributed by atoms with van der Waals surface area (Å²) in [7, 11) is 2.21. The minimum absolute atomic E-state index is 0.0166. The van der Waals surface area contributed by atoms with Crippen LogP contribution in [0.15, 0.2) is 42.2 Å². The van der Waals surface area contributed by atoms with Crippen LogP contribution < -0.4 is 0 Å². The Labute approximate surface area is 158 Å². The zero-order valence-electron chi connectivity index (χ0n) is 16.9. The van der Waals surface area contributed by atoms with Gasteiger partial charge in [0.2, 0.25) is 0 Å². The number of aromatic nitrogens is 2. The molecular formula is C22H32N4. The van der Waals surface area contributed by atoms with Crippen LogP contribution in [0, 0.1) is 0 Å². The van der Waals surface area contributed by atoms with Crippen LogP contribution >= 0.6 is 0 Å². The molecule has 0 bridgehead atoms. The summed E-state index contributed by atoms with van der Waals surface area (Å²) in [5.41, 5.74) is 4.72. The lowest BCUT2D eigenvalue weighted by molar-refractivity contribution is 0.113. The molecule has 1 aromatic heterocycles. The molecule has 0 aliphatic carbocycles. The predicted molar refractivity (Wildman–Crippen MR) is 110 cm³/mol. The molecule has 0 radical (unpaired) electrons. The molecule has 0 atom stereocenters. The number of allylic oxidation sites excluding steroid dienone is 1. The average Bonchev–Trinajstić information content (AvgIpc) is 3.01. The van der Waals surface area contributed by atoms with Gasteiger partial charge in [-0.2, -0.15) is 0 Å². The van der Waals surface area contributed by atoms with E-state index in [9.17, 15) is 0 Å². The summed E-state index contributed by atoms with van der Waals surface area (Å²) in [5, 5.41) is 0. The van der Waals surface area contributed by atoms with Crippen LogP contribution in [-0.2, 0) is 5.54 Å². The zero-order valence-corrected chi connectivity index (χ0v) is 16.9. The molecule has 0 amide bonds. The Kier molecular flexibility index (Phi) is 5.64. The molecule has 3 rings (SSSR count). The Hall–Kier alpha value is -1.91. The third-order valence-electron chi connectivity index (χ3n) is 5.14. The van der Waals surface area contributed by atoms with Gasteiger partial charge in [0, 0.05) is 38.3 Å². The van der Waals surface area contributed by atoms with Crippen molar-refractivity contribution in [3.63, 3.8) is 0 Å². The summed E-state index contributed by atoms with van der Waals surface area (Å²) in [6.45, 7) is 14.6. The van der Waals surface area contributed by atoms with Gasteiger partial charge in [-0.25, -0.2) is 4.98 Å². The lowest BCUT2D eigenvalue weighted by atomic mass is 10.0. The minimum atomic E-state index is -0.0166. The van der Waals surface area contributed by atoms with Crippen LogP contribution in [0.1, 0.15) is 33.4 Å². The van der Waals surface area contributed by atoms with Crippen molar-refractivity contribution < 1.29 is 0 Å². The van der Waals surface area contributed by atoms with Gasteiger partial charge in [0.15, 0.2) is 0 Å². The first-order valence-corrected chi connectivity index (χ1v) is 9.56. The van der Waals surface area contributed by atoms with E-state index < -0.39 is 0 Å². The van der Waals surface area contributed by atoms with Gasteiger partial charge in [-0.3, -0.25) is 4.90 Å². The van der Waals surface area contributed by atoms with E-state index in [0.29, 0.717) is 0 Å². The van der Waals surface area contributed by atoms with Crippen molar-refractivity contribution in [2.24, 2.45) is 0 Å². The molecule has 0 saturated carbocycles. The molecule has 4 nitrogen and oxygen atoms in total. The quantitative estimate of drug-likeness (QED) is 0.814.